The highest BCUT2D eigenvalue weighted by atomic mass is 32.2. The molecule has 0 spiro atoms. The zero-order valence-electron chi connectivity index (χ0n) is 13.0. The first kappa shape index (κ1) is 16.6. The molecule has 0 amide bonds. The molecule has 0 saturated heterocycles. The van der Waals surface area contributed by atoms with Gasteiger partial charge in [0.25, 0.3) is 0 Å². The minimum Gasteiger partial charge on any atom is -0.220 e. The number of thiophene rings is 1. The van der Waals surface area contributed by atoms with Gasteiger partial charge >= 0.3 is 0 Å². The molecule has 24 heavy (non-hydrogen) atoms. The number of rotatable bonds is 6. The second kappa shape index (κ2) is 7.08. The van der Waals surface area contributed by atoms with Gasteiger partial charge in [0.2, 0.25) is 10.0 Å². The summed E-state index contributed by atoms with van der Waals surface area (Å²) in [7, 11) is -3.54. The molecule has 6 nitrogen and oxygen atoms in total. The third kappa shape index (κ3) is 4.38. The van der Waals surface area contributed by atoms with Crippen molar-refractivity contribution >= 4 is 27.4 Å². The molecule has 1 aromatic carbocycles. The van der Waals surface area contributed by atoms with Crippen LogP contribution in [0.1, 0.15) is 16.8 Å². The van der Waals surface area contributed by atoms with Crippen molar-refractivity contribution in [3.8, 4) is 5.69 Å². The Morgan fingerprint density at radius 2 is 2.04 bits per heavy atom. The van der Waals surface area contributed by atoms with Gasteiger partial charge in [-0.05, 0) is 30.0 Å². The molecule has 8 heteroatoms. The number of benzene rings is 1. The van der Waals surface area contributed by atoms with E-state index in [0.29, 0.717) is 5.69 Å². The zero-order chi connectivity index (χ0) is 17.0. The lowest BCUT2D eigenvalue weighted by atomic mass is 10.2. The predicted molar refractivity (Wildman–Crippen MR) is 95.2 cm³/mol. The maximum Gasteiger partial charge on any atom is 0.234 e. The number of nitrogens with one attached hydrogen (secondary N) is 1. The molecule has 0 fully saturated rings. The Bertz CT molecular complexity index is 927. The average molecular weight is 360 g/mol. The van der Waals surface area contributed by atoms with Crippen LogP contribution in [0.2, 0.25) is 0 Å². The fourth-order valence-electron chi connectivity index (χ4n) is 1.96. The van der Waals surface area contributed by atoms with E-state index >= 15 is 0 Å². The van der Waals surface area contributed by atoms with E-state index in [2.05, 4.69) is 15.0 Å². The summed E-state index contributed by atoms with van der Waals surface area (Å²) in [6.07, 6.45) is 3.26. The van der Waals surface area contributed by atoms with Crippen molar-refractivity contribution in [1.29, 1.82) is 0 Å². The van der Waals surface area contributed by atoms with E-state index in [4.69, 9.17) is 0 Å². The smallest absolute Gasteiger partial charge is 0.220 e. The minimum atomic E-state index is -3.54. The van der Waals surface area contributed by atoms with Gasteiger partial charge < -0.3 is 0 Å². The number of nitrogens with zero attached hydrogens (tertiary/aromatic N) is 3. The van der Waals surface area contributed by atoms with E-state index in [1.165, 1.54) is 0 Å². The van der Waals surface area contributed by atoms with Crippen molar-refractivity contribution in [2.75, 3.05) is 0 Å². The van der Waals surface area contributed by atoms with E-state index in [9.17, 15) is 8.42 Å². The van der Waals surface area contributed by atoms with Crippen LogP contribution >= 0.6 is 11.3 Å². The number of aryl methyl sites for hydroxylation is 1. The van der Waals surface area contributed by atoms with Crippen molar-refractivity contribution < 1.29 is 8.42 Å². The first-order chi connectivity index (χ1) is 11.5. The third-order valence-corrected chi connectivity index (χ3v) is 4.99. The topological polar surface area (TPSA) is 76.9 Å². The summed E-state index contributed by atoms with van der Waals surface area (Å²) in [4.78, 5) is 0. The highest BCUT2D eigenvalue weighted by Crippen LogP contribution is 2.11. The van der Waals surface area contributed by atoms with Crippen LogP contribution in [0.3, 0.4) is 0 Å². The van der Waals surface area contributed by atoms with Gasteiger partial charge in [0, 0.05) is 10.8 Å². The number of hydrogen-bond acceptors (Lipinski definition) is 5. The van der Waals surface area contributed by atoms with E-state index < -0.39 is 10.0 Å². The number of sulfonamides is 1. The van der Waals surface area contributed by atoms with Crippen molar-refractivity contribution in [2.45, 2.75) is 13.5 Å². The summed E-state index contributed by atoms with van der Waals surface area (Å²) in [5.74, 6) is 0. The molecule has 0 aliphatic rings. The van der Waals surface area contributed by atoms with Crippen LogP contribution in [0.25, 0.3) is 11.8 Å². The fourth-order valence-corrected chi connectivity index (χ4v) is 3.37. The quantitative estimate of drug-likeness (QED) is 0.733. The van der Waals surface area contributed by atoms with Gasteiger partial charge in [-0.3, -0.25) is 0 Å². The van der Waals surface area contributed by atoms with E-state index in [0.717, 1.165) is 22.2 Å². The van der Waals surface area contributed by atoms with Crippen molar-refractivity contribution in [3.05, 3.63) is 69.5 Å². The predicted octanol–water partition coefficient (Wildman–Crippen LogP) is 2.73. The van der Waals surface area contributed by atoms with E-state index in [-0.39, 0.29) is 6.54 Å². The molecular formula is C16H16N4O2S2. The first-order valence-electron chi connectivity index (χ1n) is 7.20. The summed E-state index contributed by atoms with van der Waals surface area (Å²) in [5.41, 5.74) is 3.41. The molecule has 0 saturated carbocycles. The van der Waals surface area contributed by atoms with Crippen molar-refractivity contribution in [2.24, 2.45) is 0 Å². The van der Waals surface area contributed by atoms with Gasteiger partial charge in [0.05, 0.1) is 24.1 Å². The summed E-state index contributed by atoms with van der Waals surface area (Å²) in [6.45, 7) is 2.07. The second-order valence-electron chi connectivity index (χ2n) is 5.22. The molecule has 2 heterocycles. The van der Waals surface area contributed by atoms with Gasteiger partial charge in [-0.25, -0.2) is 17.8 Å². The number of hydrogen-bond donors (Lipinski definition) is 1. The summed E-state index contributed by atoms with van der Waals surface area (Å²) >= 11 is 1.56. The molecular weight excluding hydrogens is 344 g/mol. The zero-order valence-corrected chi connectivity index (χ0v) is 14.6. The Labute approximate surface area is 144 Å². The van der Waals surface area contributed by atoms with Gasteiger partial charge in [-0.1, -0.05) is 35.0 Å². The monoisotopic (exact) mass is 360 g/mol. The lowest BCUT2D eigenvalue weighted by Crippen LogP contribution is -2.20. The minimum absolute atomic E-state index is 0.0880. The Kier molecular flexibility index (Phi) is 4.89. The molecule has 0 aliphatic carbocycles. The van der Waals surface area contributed by atoms with Crippen LogP contribution in [-0.4, -0.2) is 23.4 Å². The average Bonchev–Trinajstić information content (AvgIpc) is 3.24. The van der Waals surface area contributed by atoms with Crippen LogP contribution in [0.4, 0.5) is 0 Å². The molecule has 1 N–H and O–H groups in total. The van der Waals surface area contributed by atoms with E-state index in [1.54, 1.807) is 28.3 Å². The third-order valence-electron chi connectivity index (χ3n) is 3.28. The van der Waals surface area contributed by atoms with Gasteiger partial charge in [0.15, 0.2) is 0 Å². The van der Waals surface area contributed by atoms with Crippen LogP contribution < -0.4 is 4.72 Å². The maximum absolute atomic E-state index is 12.0. The molecule has 0 bridgehead atoms. The molecule has 0 aliphatic heterocycles. The van der Waals surface area contributed by atoms with Gasteiger partial charge in [-0.2, -0.15) is 11.3 Å². The van der Waals surface area contributed by atoms with Gasteiger partial charge in [-0.15, -0.1) is 5.10 Å². The van der Waals surface area contributed by atoms with Gasteiger partial charge in [0.1, 0.15) is 0 Å². The van der Waals surface area contributed by atoms with E-state index in [1.807, 2.05) is 48.0 Å². The molecule has 0 radical (unpaired) electrons. The Balaban J connectivity index is 1.62. The Hall–Kier alpha value is -2.29. The highest BCUT2D eigenvalue weighted by Gasteiger charge is 2.08. The SMILES string of the molecule is Cc1ccc(/C=C/S(=O)(=O)NCc2cn(-c3ccsc3)nn2)cc1. The Morgan fingerprint density at radius 1 is 1.25 bits per heavy atom. The molecule has 124 valence electrons. The lowest BCUT2D eigenvalue weighted by molar-refractivity contribution is 0.590. The van der Waals surface area contributed by atoms with Crippen LogP contribution in [0.15, 0.2) is 52.7 Å². The molecule has 3 rings (SSSR count). The molecule has 2 aromatic heterocycles. The van der Waals surface area contributed by atoms with Crippen LogP contribution in [0.5, 0.6) is 0 Å². The molecule has 3 aromatic rings. The summed E-state index contributed by atoms with van der Waals surface area (Å²) in [5, 5.41) is 13.0. The largest absolute Gasteiger partial charge is 0.234 e. The van der Waals surface area contributed by atoms with Crippen molar-refractivity contribution in [3.63, 3.8) is 0 Å². The standard InChI is InChI=1S/C16H16N4O2S2/c1-13-2-4-14(5-3-13)7-9-24(21,22)17-10-15-11-20(19-18-15)16-6-8-23-12-16/h2-9,11-12,17H,10H2,1H3/b9-7+. The summed E-state index contributed by atoms with van der Waals surface area (Å²) < 4.78 is 28.2. The summed E-state index contributed by atoms with van der Waals surface area (Å²) in [6, 6.07) is 9.52. The van der Waals surface area contributed by atoms with Crippen LogP contribution in [-0.2, 0) is 16.6 Å². The normalized spacial score (nSPS) is 12.0. The van der Waals surface area contributed by atoms with Crippen molar-refractivity contribution in [1.82, 2.24) is 19.7 Å². The highest BCUT2D eigenvalue weighted by molar-refractivity contribution is 7.92. The van der Waals surface area contributed by atoms with Crippen LogP contribution in [0, 0.1) is 6.92 Å². The first-order valence-corrected chi connectivity index (χ1v) is 9.69. The molecule has 0 atom stereocenters. The fraction of sp³-hybridized carbons (Fsp3) is 0.125. The Morgan fingerprint density at radius 3 is 2.75 bits per heavy atom. The molecule has 0 unspecified atom stereocenters. The maximum atomic E-state index is 12.0. The number of aromatic nitrogens is 3. The second-order valence-corrected chi connectivity index (χ2v) is 7.65. The lowest BCUT2D eigenvalue weighted by Gasteiger charge is -2.00.